The van der Waals surface area contributed by atoms with Crippen molar-refractivity contribution in [2.24, 2.45) is 5.41 Å². The fourth-order valence-electron chi connectivity index (χ4n) is 1.43. The Balaban J connectivity index is 2.81. The molecule has 0 fully saturated rings. The second kappa shape index (κ2) is 6.41. The second-order valence-electron chi connectivity index (χ2n) is 6.00. The largest absolute Gasteiger partial charge is 0.323 e. The van der Waals surface area contributed by atoms with Crippen LogP contribution >= 0.6 is 0 Å². The monoisotopic (exact) mass is 310 g/mol. The highest BCUT2D eigenvalue weighted by Gasteiger charge is 2.16. The predicted molar refractivity (Wildman–Crippen MR) is 84.5 cm³/mol. The van der Waals surface area contributed by atoms with Gasteiger partial charge >= 0.3 is 0 Å². The van der Waals surface area contributed by atoms with Crippen molar-refractivity contribution in [3.63, 3.8) is 0 Å². The minimum Gasteiger partial charge on any atom is -0.323 e. The Morgan fingerprint density at radius 2 is 1.67 bits per heavy atom. The Hall–Kier alpha value is -1.66. The Bertz CT molecular complexity index is 624. The third kappa shape index (κ3) is 5.32. The van der Waals surface area contributed by atoms with Crippen molar-refractivity contribution in [1.82, 2.24) is 4.31 Å². The molecule has 0 aliphatic heterocycles. The van der Waals surface area contributed by atoms with Crippen molar-refractivity contribution < 1.29 is 13.2 Å². The van der Waals surface area contributed by atoms with E-state index in [9.17, 15) is 13.2 Å². The summed E-state index contributed by atoms with van der Waals surface area (Å²) >= 11 is 0. The SMILES string of the molecule is CN(C)S(=O)(=O)c1ccc(NC(=O)/C=C/C(C)(C)C)cc1. The molecule has 0 radical (unpaired) electrons. The van der Waals surface area contributed by atoms with Gasteiger partial charge in [0, 0.05) is 19.8 Å². The summed E-state index contributed by atoms with van der Waals surface area (Å²) in [7, 11) is -0.496. The molecule has 1 aromatic carbocycles. The van der Waals surface area contributed by atoms with Gasteiger partial charge < -0.3 is 5.32 Å². The molecule has 1 amide bonds. The number of sulfonamides is 1. The van der Waals surface area contributed by atoms with Crippen molar-refractivity contribution >= 4 is 21.6 Å². The van der Waals surface area contributed by atoms with Gasteiger partial charge in [-0.05, 0) is 35.8 Å². The summed E-state index contributed by atoms with van der Waals surface area (Å²) in [4.78, 5) is 11.9. The standard InChI is InChI=1S/C15H22N2O3S/c1-15(2,3)11-10-14(18)16-12-6-8-13(9-7-12)21(19,20)17(4)5/h6-11H,1-5H3,(H,16,18)/b11-10+. The smallest absolute Gasteiger partial charge is 0.248 e. The summed E-state index contributed by atoms with van der Waals surface area (Å²) in [5, 5.41) is 2.69. The maximum atomic E-state index is 11.9. The van der Waals surface area contributed by atoms with Gasteiger partial charge in [-0.15, -0.1) is 0 Å². The van der Waals surface area contributed by atoms with E-state index < -0.39 is 10.0 Å². The Morgan fingerprint density at radius 3 is 2.10 bits per heavy atom. The Labute approximate surface area is 126 Å². The minimum absolute atomic E-state index is 0.0685. The zero-order valence-corrected chi connectivity index (χ0v) is 13.9. The fourth-order valence-corrected chi connectivity index (χ4v) is 2.33. The van der Waals surface area contributed by atoms with E-state index in [-0.39, 0.29) is 16.2 Å². The van der Waals surface area contributed by atoms with Gasteiger partial charge in [0.1, 0.15) is 0 Å². The first-order chi connectivity index (χ1) is 9.52. The van der Waals surface area contributed by atoms with Gasteiger partial charge in [-0.2, -0.15) is 0 Å². The normalized spacial score (nSPS) is 12.9. The zero-order chi connectivity index (χ0) is 16.3. The molecule has 0 unspecified atom stereocenters. The van der Waals surface area contributed by atoms with Crippen LogP contribution in [0, 0.1) is 5.41 Å². The van der Waals surface area contributed by atoms with Crippen LogP contribution in [0.15, 0.2) is 41.3 Å². The van der Waals surface area contributed by atoms with Gasteiger partial charge in [-0.3, -0.25) is 4.79 Å². The lowest BCUT2D eigenvalue weighted by molar-refractivity contribution is -0.112. The van der Waals surface area contributed by atoms with Crippen molar-refractivity contribution in [2.75, 3.05) is 19.4 Å². The van der Waals surface area contributed by atoms with Crippen LogP contribution in [0.3, 0.4) is 0 Å². The number of benzene rings is 1. The maximum absolute atomic E-state index is 11.9. The third-order valence-electron chi connectivity index (χ3n) is 2.64. The summed E-state index contributed by atoms with van der Waals surface area (Å²) in [5.74, 6) is -0.242. The van der Waals surface area contributed by atoms with Crippen LogP contribution in [-0.2, 0) is 14.8 Å². The van der Waals surface area contributed by atoms with Gasteiger partial charge in [0.2, 0.25) is 15.9 Å². The van der Waals surface area contributed by atoms with E-state index in [0.29, 0.717) is 5.69 Å². The zero-order valence-electron chi connectivity index (χ0n) is 13.0. The van der Waals surface area contributed by atoms with E-state index in [2.05, 4.69) is 5.32 Å². The highest BCUT2D eigenvalue weighted by atomic mass is 32.2. The lowest BCUT2D eigenvalue weighted by atomic mass is 9.96. The van der Waals surface area contributed by atoms with Crippen molar-refractivity contribution in [1.29, 1.82) is 0 Å². The Morgan fingerprint density at radius 1 is 1.14 bits per heavy atom. The minimum atomic E-state index is -3.45. The van der Waals surface area contributed by atoms with Crippen molar-refractivity contribution in [3.8, 4) is 0 Å². The molecule has 0 heterocycles. The molecule has 0 atom stereocenters. The number of nitrogens with zero attached hydrogens (tertiary/aromatic N) is 1. The molecule has 0 saturated heterocycles. The number of amides is 1. The third-order valence-corrected chi connectivity index (χ3v) is 4.46. The number of anilines is 1. The molecule has 116 valence electrons. The van der Waals surface area contributed by atoms with Crippen molar-refractivity contribution in [3.05, 3.63) is 36.4 Å². The average molecular weight is 310 g/mol. The lowest BCUT2D eigenvalue weighted by Crippen LogP contribution is -2.22. The molecule has 0 spiro atoms. The summed E-state index contributed by atoms with van der Waals surface area (Å²) in [6, 6.07) is 6.08. The van der Waals surface area contributed by atoms with Crippen LogP contribution in [0.5, 0.6) is 0 Å². The molecule has 1 rings (SSSR count). The summed E-state index contributed by atoms with van der Waals surface area (Å²) < 4.78 is 25.0. The number of carbonyl (C=O) groups excluding carboxylic acids is 1. The van der Waals surface area contributed by atoms with Crippen LogP contribution in [0.2, 0.25) is 0 Å². The Kier molecular flexibility index (Phi) is 5.31. The average Bonchev–Trinajstić information content (AvgIpc) is 2.36. The molecular weight excluding hydrogens is 288 g/mol. The summed E-state index contributed by atoms with van der Waals surface area (Å²) in [6.45, 7) is 5.99. The molecule has 0 aromatic heterocycles. The lowest BCUT2D eigenvalue weighted by Gasteiger charge is -2.12. The van der Waals surface area contributed by atoms with Crippen LogP contribution in [-0.4, -0.2) is 32.7 Å². The molecule has 0 saturated carbocycles. The van der Waals surface area contributed by atoms with Gasteiger partial charge in [0.25, 0.3) is 0 Å². The van der Waals surface area contributed by atoms with E-state index in [4.69, 9.17) is 0 Å². The van der Waals surface area contributed by atoms with E-state index in [1.807, 2.05) is 26.8 Å². The van der Waals surface area contributed by atoms with Crippen LogP contribution < -0.4 is 5.32 Å². The first kappa shape index (κ1) is 17.4. The van der Waals surface area contributed by atoms with E-state index in [0.717, 1.165) is 4.31 Å². The van der Waals surface area contributed by atoms with Gasteiger partial charge in [-0.25, -0.2) is 12.7 Å². The van der Waals surface area contributed by atoms with E-state index in [1.54, 1.807) is 12.1 Å². The molecule has 0 aliphatic carbocycles. The topological polar surface area (TPSA) is 66.5 Å². The summed E-state index contributed by atoms with van der Waals surface area (Å²) in [5.41, 5.74) is 0.484. The number of rotatable bonds is 4. The number of hydrogen-bond donors (Lipinski definition) is 1. The first-order valence-electron chi connectivity index (χ1n) is 6.55. The molecule has 0 aliphatic rings. The summed E-state index contributed by atoms with van der Waals surface area (Å²) in [6.07, 6.45) is 3.29. The van der Waals surface area contributed by atoms with Crippen molar-refractivity contribution in [2.45, 2.75) is 25.7 Å². The van der Waals surface area contributed by atoms with E-state index >= 15 is 0 Å². The first-order valence-corrected chi connectivity index (χ1v) is 7.99. The second-order valence-corrected chi connectivity index (χ2v) is 8.15. The maximum Gasteiger partial charge on any atom is 0.248 e. The highest BCUT2D eigenvalue weighted by molar-refractivity contribution is 7.89. The highest BCUT2D eigenvalue weighted by Crippen LogP contribution is 2.17. The quantitative estimate of drug-likeness (QED) is 0.869. The molecule has 0 bridgehead atoms. The van der Waals surface area contributed by atoms with Crippen LogP contribution in [0.1, 0.15) is 20.8 Å². The van der Waals surface area contributed by atoms with Gasteiger partial charge in [0.05, 0.1) is 4.90 Å². The number of hydrogen-bond acceptors (Lipinski definition) is 3. The number of nitrogens with one attached hydrogen (secondary N) is 1. The molecule has 1 N–H and O–H groups in total. The molecule has 5 nitrogen and oxygen atoms in total. The number of allylic oxidation sites excluding steroid dienone is 1. The fraction of sp³-hybridized carbons (Fsp3) is 0.400. The molecular formula is C15H22N2O3S. The van der Waals surface area contributed by atoms with Crippen LogP contribution in [0.4, 0.5) is 5.69 Å². The molecule has 6 heteroatoms. The molecule has 1 aromatic rings. The number of carbonyl (C=O) groups is 1. The van der Waals surface area contributed by atoms with Crippen LogP contribution in [0.25, 0.3) is 0 Å². The molecule has 21 heavy (non-hydrogen) atoms. The van der Waals surface area contributed by atoms with E-state index in [1.165, 1.54) is 32.3 Å². The van der Waals surface area contributed by atoms with Gasteiger partial charge in [-0.1, -0.05) is 26.8 Å². The van der Waals surface area contributed by atoms with Gasteiger partial charge in [0.15, 0.2) is 0 Å². The predicted octanol–water partition coefficient (Wildman–Crippen LogP) is 2.48.